The Balaban J connectivity index is 1.29. The number of aliphatic hydroxyl groups excluding tert-OH is 4. The average molecular weight is 465 g/mol. The predicted molar refractivity (Wildman–Crippen MR) is 111 cm³/mol. The Kier molecular flexibility index (Phi) is 5.28. The summed E-state index contributed by atoms with van der Waals surface area (Å²) in [5, 5.41) is 40.2. The summed E-state index contributed by atoms with van der Waals surface area (Å²) in [6.45, 7) is -0.530. The third-order valence-electron chi connectivity index (χ3n) is 8.78. The number of rotatable bonds is 5. The van der Waals surface area contributed by atoms with Crippen LogP contribution in [0.1, 0.15) is 37.7 Å². The number of hydrogen-bond donors (Lipinski definition) is 4. The zero-order valence-corrected chi connectivity index (χ0v) is 18.6. The number of aliphatic hydroxyl groups is 4. The van der Waals surface area contributed by atoms with Crippen LogP contribution in [-0.2, 0) is 25.0 Å². The van der Waals surface area contributed by atoms with Gasteiger partial charge in [-0.05, 0) is 67.9 Å². The number of ether oxygens (including phenoxy) is 3. The lowest BCUT2D eigenvalue weighted by Crippen LogP contribution is -2.76. The summed E-state index contributed by atoms with van der Waals surface area (Å²) in [6, 6.07) is 7.17. The van der Waals surface area contributed by atoms with Crippen LogP contribution in [0.5, 0.6) is 5.75 Å². The minimum Gasteiger partial charge on any atom is -0.482 e. The molecular formula is C24H32O9. The van der Waals surface area contributed by atoms with Gasteiger partial charge in [0.25, 0.3) is 5.79 Å². The standard InChI is InChI=1S/C24H32O9/c1-29-24(23(32-33-24)15-6-12-5-13(8-15)9-16(23)7-12)14-3-2-4-17(10-14)30-21-20(27)19(26)18(11-25)31-22(21)28/h2-4,10,12-13,15-16,18-22,25-28H,5-9,11H2,1H3/t12?,13?,15?,16?,18-,19+,20+,21-,22-,23?,24?/m1/s1. The fourth-order valence-electron chi connectivity index (χ4n) is 7.49. The molecule has 4 N–H and O–H groups in total. The summed E-state index contributed by atoms with van der Waals surface area (Å²) in [6.07, 6.45) is -0.844. The van der Waals surface area contributed by atoms with Crippen LogP contribution in [0.2, 0.25) is 0 Å². The highest BCUT2D eigenvalue weighted by Gasteiger charge is 2.76. The van der Waals surface area contributed by atoms with Gasteiger partial charge in [-0.1, -0.05) is 12.1 Å². The number of methoxy groups -OCH3 is 1. The number of benzene rings is 1. The molecule has 4 aliphatic carbocycles. The van der Waals surface area contributed by atoms with Crippen LogP contribution in [-0.4, -0.2) is 70.4 Å². The highest BCUT2D eigenvalue weighted by molar-refractivity contribution is 5.36. The smallest absolute Gasteiger partial charge is 0.260 e. The Morgan fingerprint density at radius 2 is 1.67 bits per heavy atom. The first kappa shape index (κ1) is 22.2. The van der Waals surface area contributed by atoms with Crippen LogP contribution < -0.4 is 4.74 Å². The summed E-state index contributed by atoms with van der Waals surface area (Å²) in [4.78, 5) is 11.8. The van der Waals surface area contributed by atoms with Crippen molar-refractivity contribution < 1.29 is 44.4 Å². The second-order valence-electron chi connectivity index (χ2n) is 10.4. The topological polar surface area (TPSA) is 127 Å². The van der Waals surface area contributed by atoms with Gasteiger partial charge >= 0.3 is 0 Å². The quantitative estimate of drug-likeness (QED) is 0.469. The van der Waals surface area contributed by atoms with E-state index in [9.17, 15) is 20.4 Å². The van der Waals surface area contributed by atoms with Crippen LogP contribution in [0.4, 0.5) is 0 Å². The van der Waals surface area contributed by atoms with Crippen molar-refractivity contribution in [2.24, 2.45) is 23.7 Å². The molecule has 0 aromatic heterocycles. The SMILES string of the molecule is COC1(c2cccc(O[C@@H]3[C@@H](O)[C@@H](O)[C@@H](CO)O[C@H]3O)c2)OOC12C1CC3CC(C1)CC2C3. The molecular weight excluding hydrogens is 432 g/mol. The molecule has 1 unspecified atom stereocenters. The first-order chi connectivity index (χ1) is 15.9. The Morgan fingerprint density at radius 1 is 0.970 bits per heavy atom. The molecule has 2 saturated heterocycles. The summed E-state index contributed by atoms with van der Waals surface area (Å²) in [5.74, 6) is 1.56. The Hall–Kier alpha value is -1.30. The van der Waals surface area contributed by atoms with Gasteiger partial charge in [0.2, 0.25) is 0 Å². The summed E-state index contributed by atoms with van der Waals surface area (Å²) in [7, 11) is 1.64. The van der Waals surface area contributed by atoms with Gasteiger partial charge in [-0.25, -0.2) is 4.89 Å². The van der Waals surface area contributed by atoms with Crippen LogP contribution >= 0.6 is 0 Å². The van der Waals surface area contributed by atoms with Gasteiger partial charge in [-0.2, -0.15) is 4.89 Å². The monoisotopic (exact) mass is 464 g/mol. The lowest BCUT2D eigenvalue weighted by Gasteiger charge is -2.68. The maximum absolute atomic E-state index is 10.4. The summed E-state index contributed by atoms with van der Waals surface area (Å²) in [5.41, 5.74) is 0.210. The van der Waals surface area contributed by atoms with E-state index in [0.29, 0.717) is 17.6 Å². The lowest BCUT2D eigenvalue weighted by atomic mass is 9.47. The van der Waals surface area contributed by atoms with E-state index in [0.717, 1.165) is 43.1 Å². The molecule has 2 heterocycles. The van der Waals surface area contributed by atoms with Gasteiger partial charge in [-0.15, -0.1) is 0 Å². The maximum Gasteiger partial charge on any atom is 0.260 e. The molecule has 1 aromatic carbocycles. The number of hydrogen-bond acceptors (Lipinski definition) is 9. The second kappa shape index (κ2) is 7.86. The van der Waals surface area contributed by atoms with Crippen LogP contribution in [0.15, 0.2) is 24.3 Å². The molecule has 6 aliphatic rings. The van der Waals surface area contributed by atoms with E-state index in [1.54, 1.807) is 25.3 Å². The molecule has 4 saturated carbocycles. The molecule has 9 nitrogen and oxygen atoms in total. The molecule has 1 aromatic rings. The first-order valence-electron chi connectivity index (χ1n) is 11.9. The molecule has 6 fully saturated rings. The van der Waals surface area contributed by atoms with E-state index < -0.39 is 48.7 Å². The normalized spacial score (nSPS) is 50.4. The van der Waals surface area contributed by atoms with Gasteiger partial charge in [0.05, 0.1) is 6.61 Å². The minimum absolute atomic E-state index is 0.361. The highest BCUT2D eigenvalue weighted by atomic mass is 17.3. The van der Waals surface area contributed by atoms with Gasteiger partial charge in [0, 0.05) is 12.7 Å². The van der Waals surface area contributed by atoms with Gasteiger partial charge in [-0.3, -0.25) is 0 Å². The zero-order chi connectivity index (χ0) is 23.0. The van der Waals surface area contributed by atoms with Crippen LogP contribution in [0.3, 0.4) is 0 Å². The van der Waals surface area contributed by atoms with Crippen molar-refractivity contribution in [3.05, 3.63) is 29.8 Å². The second-order valence-corrected chi connectivity index (χ2v) is 10.4. The minimum atomic E-state index is -1.51. The third kappa shape index (κ3) is 3.01. The van der Waals surface area contributed by atoms with E-state index in [2.05, 4.69) is 0 Å². The maximum atomic E-state index is 10.4. The van der Waals surface area contributed by atoms with Crippen molar-refractivity contribution >= 4 is 0 Å². The summed E-state index contributed by atoms with van der Waals surface area (Å²) < 4.78 is 17.2. The van der Waals surface area contributed by atoms with Crippen molar-refractivity contribution in [1.29, 1.82) is 0 Å². The molecule has 33 heavy (non-hydrogen) atoms. The van der Waals surface area contributed by atoms with Crippen molar-refractivity contribution in [3.8, 4) is 5.75 Å². The van der Waals surface area contributed by atoms with Crippen molar-refractivity contribution in [2.75, 3.05) is 13.7 Å². The fourth-order valence-corrected chi connectivity index (χ4v) is 7.49. The molecule has 182 valence electrons. The van der Waals surface area contributed by atoms with Crippen LogP contribution in [0, 0.1) is 23.7 Å². The fraction of sp³-hybridized carbons (Fsp3) is 0.750. The van der Waals surface area contributed by atoms with Crippen molar-refractivity contribution in [3.63, 3.8) is 0 Å². The Morgan fingerprint density at radius 3 is 2.24 bits per heavy atom. The van der Waals surface area contributed by atoms with E-state index in [1.165, 1.54) is 6.42 Å². The van der Waals surface area contributed by atoms with E-state index >= 15 is 0 Å². The summed E-state index contributed by atoms with van der Waals surface area (Å²) >= 11 is 0. The first-order valence-corrected chi connectivity index (χ1v) is 11.9. The molecule has 2 aliphatic heterocycles. The Labute approximate surface area is 192 Å². The molecule has 7 rings (SSSR count). The van der Waals surface area contributed by atoms with Gasteiger partial charge in [0.15, 0.2) is 18.0 Å². The molecule has 6 atom stereocenters. The Bertz CT molecular complexity index is 860. The molecule has 4 bridgehead atoms. The average Bonchev–Trinajstić information content (AvgIpc) is 2.79. The highest BCUT2D eigenvalue weighted by Crippen LogP contribution is 2.69. The predicted octanol–water partition coefficient (Wildman–Crippen LogP) is 0.821. The molecule has 1 spiro atoms. The lowest BCUT2D eigenvalue weighted by molar-refractivity contribution is -0.645. The van der Waals surface area contributed by atoms with E-state index in [1.807, 2.05) is 6.07 Å². The van der Waals surface area contributed by atoms with Gasteiger partial charge in [0.1, 0.15) is 24.1 Å². The van der Waals surface area contributed by atoms with Crippen molar-refractivity contribution in [1.82, 2.24) is 0 Å². The zero-order valence-electron chi connectivity index (χ0n) is 18.6. The van der Waals surface area contributed by atoms with E-state index in [4.69, 9.17) is 24.0 Å². The third-order valence-corrected chi connectivity index (χ3v) is 8.78. The largest absolute Gasteiger partial charge is 0.482 e. The molecule has 0 radical (unpaired) electrons. The van der Waals surface area contributed by atoms with Crippen molar-refractivity contribution in [2.45, 2.75) is 74.2 Å². The van der Waals surface area contributed by atoms with Gasteiger partial charge < -0.3 is 34.6 Å². The van der Waals surface area contributed by atoms with E-state index in [-0.39, 0.29) is 0 Å². The molecule has 0 amide bonds. The van der Waals surface area contributed by atoms with Crippen LogP contribution in [0.25, 0.3) is 0 Å². The molecule has 9 heteroatoms.